The number of aliphatic hydroxyl groups is 1. The van der Waals surface area contributed by atoms with Gasteiger partial charge in [-0.15, -0.1) is 0 Å². The summed E-state index contributed by atoms with van der Waals surface area (Å²) >= 11 is 0. The van der Waals surface area contributed by atoms with Crippen molar-refractivity contribution in [2.75, 3.05) is 10.9 Å². The highest BCUT2D eigenvalue weighted by atomic mass is 32.2. The van der Waals surface area contributed by atoms with Crippen molar-refractivity contribution in [3.63, 3.8) is 0 Å². The quantitative estimate of drug-likeness (QED) is 0.261. The molecule has 0 spiro atoms. The van der Waals surface area contributed by atoms with Gasteiger partial charge in [-0.1, -0.05) is 25.5 Å². The van der Waals surface area contributed by atoms with Gasteiger partial charge in [-0.3, -0.25) is 9.10 Å². The monoisotopic (exact) mass is 571 g/mol. The summed E-state index contributed by atoms with van der Waals surface area (Å²) in [6.07, 6.45) is -11.8. The number of hydrogen-bond acceptors (Lipinski definition) is 5. The molecule has 3 rings (SSSR count). The van der Waals surface area contributed by atoms with Crippen LogP contribution in [0.4, 0.5) is 36.4 Å². The van der Waals surface area contributed by atoms with Gasteiger partial charge in [0.2, 0.25) is 0 Å². The van der Waals surface area contributed by atoms with Gasteiger partial charge in [0.05, 0.1) is 29.7 Å². The van der Waals surface area contributed by atoms with Crippen LogP contribution in [0.2, 0.25) is 0 Å². The molecule has 2 aromatic carbocycles. The van der Waals surface area contributed by atoms with Crippen LogP contribution in [-0.2, 0) is 31.6 Å². The summed E-state index contributed by atoms with van der Waals surface area (Å²) < 4.78 is 127. The lowest BCUT2D eigenvalue weighted by Gasteiger charge is -2.39. The summed E-state index contributed by atoms with van der Waals surface area (Å²) in [6.45, 7) is 1.94. The first-order valence-electron chi connectivity index (χ1n) is 11.5. The normalized spacial score (nSPS) is 16.8. The van der Waals surface area contributed by atoms with Crippen LogP contribution in [-0.4, -0.2) is 44.5 Å². The van der Waals surface area contributed by atoms with Crippen LogP contribution >= 0.6 is 0 Å². The maximum absolute atomic E-state index is 13.6. The zero-order chi connectivity index (χ0) is 28.5. The van der Waals surface area contributed by atoms with Crippen molar-refractivity contribution in [3.05, 3.63) is 59.4 Å². The summed E-state index contributed by atoms with van der Waals surface area (Å²) in [4.78, 5) is 12.0. The van der Waals surface area contributed by atoms with Gasteiger partial charge in [-0.2, -0.15) is 26.3 Å². The summed E-state index contributed by atoms with van der Waals surface area (Å²) in [5, 5.41) is 9.78. The van der Waals surface area contributed by atoms with Gasteiger partial charge in [0, 0.05) is 5.56 Å². The summed E-state index contributed by atoms with van der Waals surface area (Å²) in [5.74, 6) is -1.49. The first kappa shape index (κ1) is 29.7. The van der Waals surface area contributed by atoms with E-state index in [2.05, 4.69) is 0 Å². The minimum absolute atomic E-state index is 0.0835. The SMILES string of the molecule is CCCCOC(=O)CC1CCc2cc(C(O)(C(F)(F)F)C(F)(F)F)ccc2N1S(=O)(=O)c1ccc(F)cc1. The third kappa shape index (κ3) is 5.60. The van der Waals surface area contributed by atoms with E-state index in [1.54, 1.807) is 0 Å². The Morgan fingerprint density at radius 2 is 1.66 bits per heavy atom. The Hall–Kier alpha value is -2.87. The van der Waals surface area contributed by atoms with Crippen molar-refractivity contribution < 1.29 is 53.8 Å². The Balaban J connectivity index is 2.12. The third-order valence-electron chi connectivity index (χ3n) is 6.17. The molecule has 1 heterocycles. The fraction of sp³-hybridized carbons (Fsp3) is 0.458. The number of fused-ring (bicyclic) bond motifs is 1. The largest absolute Gasteiger partial charge is 0.466 e. The Morgan fingerprint density at radius 3 is 2.21 bits per heavy atom. The molecule has 0 bridgehead atoms. The molecule has 1 aliphatic heterocycles. The second-order valence-corrected chi connectivity index (χ2v) is 10.6. The lowest BCUT2D eigenvalue weighted by Crippen LogP contribution is -2.54. The van der Waals surface area contributed by atoms with Crippen molar-refractivity contribution >= 4 is 21.7 Å². The van der Waals surface area contributed by atoms with E-state index in [1.165, 1.54) is 0 Å². The van der Waals surface area contributed by atoms with E-state index in [-0.39, 0.29) is 30.7 Å². The molecule has 1 unspecified atom stereocenters. The number of rotatable bonds is 8. The van der Waals surface area contributed by atoms with E-state index in [9.17, 15) is 49.1 Å². The molecule has 0 saturated heterocycles. The molecule has 1 aliphatic rings. The lowest BCUT2D eigenvalue weighted by molar-refractivity contribution is -0.376. The number of hydrogen-bond donors (Lipinski definition) is 1. The Bertz CT molecular complexity index is 1250. The van der Waals surface area contributed by atoms with E-state index in [1.807, 2.05) is 6.92 Å². The Kier molecular flexibility index (Phi) is 8.37. The minimum atomic E-state index is -6.13. The highest BCUT2D eigenvalue weighted by molar-refractivity contribution is 7.92. The second-order valence-electron chi connectivity index (χ2n) is 8.77. The van der Waals surface area contributed by atoms with E-state index >= 15 is 0 Å². The van der Waals surface area contributed by atoms with Crippen molar-refractivity contribution in [2.24, 2.45) is 0 Å². The molecule has 1 atom stereocenters. The smallest absolute Gasteiger partial charge is 0.430 e. The predicted octanol–water partition coefficient (Wildman–Crippen LogP) is 5.38. The van der Waals surface area contributed by atoms with Gasteiger partial charge < -0.3 is 9.84 Å². The number of nitrogens with zero attached hydrogens (tertiary/aromatic N) is 1. The standard InChI is InChI=1S/C24H24F7NO5S/c1-2-3-12-37-21(33)14-18-8-4-15-13-16(22(34,23(26,27)28)24(29,30)31)5-11-20(15)32(18)38(35,36)19-9-6-17(25)7-10-19/h5-7,9-11,13,18,34H,2-4,8,12,14H2,1H3. The molecule has 0 amide bonds. The highest BCUT2D eigenvalue weighted by Crippen LogP contribution is 2.51. The molecule has 0 aromatic heterocycles. The number of benzene rings is 2. The maximum Gasteiger partial charge on any atom is 0.430 e. The molecule has 2 aromatic rings. The van der Waals surface area contributed by atoms with E-state index in [0.717, 1.165) is 41.1 Å². The van der Waals surface area contributed by atoms with Crippen LogP contribution in [0.3, 0.4) is 0 Å². The van der Waals surface area contributed by atoms with Gasteiger partial charge in [0.25, 0.3) is 15.6 Å². The molecule has 0 saturated carbocycles. The number of sulfonamides is 1. The zero-order valence-corrected chi connectivity index (χ0v) is 20.8. The molecule has 0 radical (unpaired) electrons. The highest BCUT2D eigenvalue weighted by Gasteiger charge is 2.71. The fourth-order valence-electron chi connectivity index (χ4n) is 4.16. The topological polar surface area (TPSA) is 83.9 Å². The molecule has 0 fully saturated rings. The average molecular weight is 572 g/mol. The van der Waals surface area contributed by atoms with E-state index in [4.69, 9.17) is 4.74 Å². The number of anilines is 1. The molecule has 0 aliphatic carbocycles. The molecule has 6 nitrogen and oxygen atoms in total. The van der Waals surface area contributed by atoms with Gasteiger partial charge in [0.1, 0.15) is 5.82 Å². The number of unbranched alkanes of at least 4 members (excludes halogenated alkanes) is 1. The first-order valence-corrected chi connectivity index (χ1v) is 12.9. The van der Waals surface area contributed by atoms with Crippen molar-refractivity contribution in [1.82, 2.24) is 0 Å². The number of ether oxygens (including phenoxy) is 1. The van der Waals surface area contributed by atoms with Crippen LogP contribution in [0.1, 0.15) is 43.7 Å². The van der Waals surface area contributed by atoms with E-state index in [0.29, 0.717) is 18.6 Å². The molecular formula is C24H24F7NO5S. The average Bonchev–Trinajstić information content (AvgIpc) is 2.82. The number of carbonyl (C=O) groups excluding carboxylic acids is 1. The summed E-state index contributed by atoms with van der Waals surface area (Å²) in [6, 6.07) is 4.04. The van der Waals surface area contributed by atoms with Crippen molar-refractivity contribution in [3.8, 4) is 0 Å². The van der Waals surface area contributed by atoms with Crippen LogP contribution in [0.25, 0.3) is 0 Å². The van der Waals surface area contributed by atoms with Crippen molar-refractivity contribution in [1.29, 1.82) is 0 Å². The van der Waals surface area contributed by atoms with Crippen molar-refractivity contribution in [2.45, 2.75) is 67.9 Å². The fourth-order valence-corrected chi connectivity index (χ4v) is 5.88. The van der Waals surface area contributed by atoms with Gasteiger partial charge in [-0.05, 0) is 55.2 Å². The van der Waals surface area contributed by atoms with Gasteiger partial charge in [0.15, 0.2) is 0 Å². The Morgan fingerprint density at radius 1 is 1.05 bits per heavy atom. The molecule has 210 valence electrons. The summed E-state index contributed by atoms with van der Waals surface area (Å²) in [7, 11) is -4.57. The molecule has 1 N–H and O–H groups in total. The second kappa shape index (κ2) is 10.7. The predicted molar refractivity (Wildman–Crippen MR) is 121 cm³/mol. The minimum Gasteiger partial charge on any atom is -0.466 e. The van der Waals surface area contributed by atoms with Gasteiger partial charge >= 0.3 is 18.3 Å². The van der Waals surface area contributed by atoms with Crippen LogP contribution < -0.4 is 4.31 Å². The van der Waals surface area contributed by atoms with Crippen LogP contribution in [0.5, 0.6) is 0 Å². The third-order valence-corrected chi connectivity index (χ3v) is 8.05. The van der Waals surface area contributed by atoms with Crippen LogP contribution in [0, 0.1) is 5.82 Å². The number of esters is 1. The first-order chi connectivity index (χ1) is 17.5. The number of halogens is 7. The number of alkyl halides is 6. The lowest BCUT2D eigenvalue weighted by atomic mass is 9.87. The van der Waals surface area contributed by atoms with E-state index < -0.39 is 62.7 Å². The summed E-state index contributed by atoms with van der Waals surface area (Å²) in [5.41, 5.74) is -7.23. The molecular weight excluding hydrogens is 547 g/mol. The van der Waals surface area contributed by atoms with Crippen LogP contribution in [0.15, 0.2) is 47.4 Å². The van der Waals surface area contributed by atoms with Gasteiger partial charge in [-0.25, -0.2) is 12.8 Å². The Labute approximate surface area is 214 Å². The molecule has 14 heteroatoms. The zero-order valence-electron chi connectivity index (χ0n) is 19.9. The number of carbonyl (C=O) groups is 1. The number of aryl methyl sites for hydroxylation is 1. The molecule has 38 heavy (non-hydrogen) atoms. The maximum atomic E-state index is 13.6.